The number of carbonyl (C=O) groups excluding carboxylic acids is 2. The Balaban J connectivity index is 1.78. The third-order valence-corrected chi connectivity index (χ3v) is 6.08. The van der Waals surface area contributed by atoms with Crippen LogP contribution >= 0.6 is 11.6 Å². The van der Waals surface area contributed by atoms with Crippen LogP contribution in [0.1, 0.15) is 40.9 Å². The molecule has 0 spiro atoms. The molecule has 2 aromatic carbocycles. The predicted octanol–water partition coefficient (Wildman–Crippen LogP) is 4.81. The van der Waals surface area contributed by atoms with Crippen molar-refractivity contribution in [3.8, 4) is 16.9 Å². The molecule has 1 aromatic heterocycles. The van der Waals surface area contributed by atoms with Crippen LogP contribution in [0.25, 0.3) is 16.9 Å². The van der Waals surface area contributed by atoms with Gasteiger partial charge in [0.25, 0.3) is 5.91 Å². The minimum atomic E-state index is -0.504. The second kappa shape index (κ2) is 8.98. The molecule has 31 heavy (non-hydrogen) atoms. The largest absolute Gasteiger partial charge is 0.354 e. The number of para-hydroxylation sites is 1. The number of hydrogen-bond donors (Lipinski definition) is 2. The number of nitrogens with zero attached hydrogens (tertiary/aromatic N) is 1. The van der Waals surface area contributed by atoms with E-state index in [9.17, 15) is 9.59 Å². The minimum absolute atomic E-state index is 0.111. The third kappa shape index (κ3) is 4.37. The van der Waals surface area contributed by atoms with Crippen molar-refractivity contribution >= 4 is 23.4 Å². The van der Waals surface area contributed by atoms with Gasteiger partial charge in [0.1, 0.15) is 6.04 Å². The summed E-state index contributed by atoms with van der Waals surface area (Å²) in [6, 6.07) is 17.1. The van der Waals surface area contributed by atoms with Crippen molar-refractivity contribution in [2.24, 2.45) is 0 Å². The zero-order valence-electron chi connectivity index (χ0n) is 17.7. The number of rotatable bonds is 4. The van der Waals surface area contributed by atoms with Crippen LogP contribution < -0.4 is 10.6 Å². The average molecular weight is 436 g/mol. The van der Waals surface area contributed by atoms with Crippen molar-refractivity contribution in [3.63, 3.8) is 0 Å². The van der Waals surface area contributed by atoms with E-state index >= 15 is 0 Å². The van der Waals surface area contributed by atoms with E-state index in [0.29, 0.717) is 23.6 Å². The molecule has 1 atom stereocenters. The molecule has 1 fully saturated rings. The lowest BCUT2D eigenvalue weighted by Crippen LogP contribution is -2.45. The molecule has 1 aliphatic heterocycles. The lowest BCUT2D eigenvalue weighted by molar-refractivity contribution is -0.122. The highest BCUT2D eigenvalue weighted by molar-refractivity contribution is 6.30. The van der Waals surface area contributed by atoms with Gasteiger partial charge in [-0.05, 0) is 68.5 Å². The van der Waals surface area contributed by atoms with Gasteiger partial charge in [0.05, 0.1) is 11.3 Å². The van der Waals surface area contributed by atoms with E-state index < -0.39 is 6.04 Å². The number of amides is 2. The van der Waals surface area contributed by atoms with Gasteiger partial charge in [-0.2, -0.15) is 0 Å². The first-order chi connectivity index (χ1) is 15.0. The lowest BCUT2D eigenvalue weighted by Gasteiger charge is -2.16. The second-order valence-electron chi connectivity index (χ2n) is 7.97. The van der Waals surface area contributed by atoms with Gasteiger partial charge in [0, 0.05) is 22.9 Å². The van der Waals surface area contributed by atoms with Crippen LogP contribution in [0.5, 0.6) is 0 Å². The Hall–Kier alpha value is -3.05. The van der Waals surface area contributed by atoms with Crippen molar-refractivity contribution in [3.05, 3.63) is 76.4 Å². The fourth-order valence-corrected chi connectivity index (χ4v) is 4.23. The standard InChI is InChI=1S/C25H26ClN3O2/c1-16-7-3-4-9-22(16)29-17(2)20(15-23(29)18-10-12-19(26)13-11-18)24(30)28-21-8-5-6-14-27-25(21)31/h3-4,7,9-13,15,21H,5-6,8,14H2,1-2H3,(H,27,31)(H,28,30). The quantitative estimate of drug-likeness (QED) is 0.617. The minimum Gasteiger partial charge on any atom is -0.354 e. The summed E-state index contributed by atoms with van der Waals surface area (Å²) in [5.74, 6) is -0.345. The summed E-state index contributed by atoms with van der Waals surface area (Å²) in [4.78, 5) is 25.5. The van der Waals surface area contributed by atoms with E-state index in [-0.39, 0.29) is 11.8 Å². The maximum Gasteiger partial charge on any atom is 0.253 e. The molecule has 1 aliphatic rings. The Morgan fingerprint density at radius 2 is 1.84 bits per heavy atom. The highest BCUT2D eigenvalue weighted by Gasteiger charge is 2.26. The topological polar surface area (TPSA) is 63.1 Å². The van der Waals surface area contributed by atoms with Crippen molar-refractivity contribution < 1.29 is 9.59 Å². The van der Waals surface area contributed by atoms with Gasteiger partial charge in [-0.15, -0.1) is 0 Å². The summed E-state index contributed by atoms with van der Waals surface area (Å²) in [6.07, 6.45) is 2.49. The molecule has 2 N–H and O–H groups in total. The maximum atomic E-state index is 13.2. The van der Waals surface area contributed by atoms with Crippen molar-refractivity contribution in [1.29, 1.82) is 0 Å². The van der Waals surface area contributed by atoms with E-state index in [1.165, 1.54) is 0 Å². The fourth-order valence-electron chi connectivity index (χ4n) is 4.11. The first-order valence-electron chi connectivity index (χ1n) is 10.6. The van der Waals surface area contributed by atoms with Crippen LogP contribution in [0.15, 0.2) is 54.6 Å². The molecule has 0 saturated carbocycles. The smallest absolute Gasteiger partial charge is 0.253 e. The molecule has 1 unspecified atom stereocenters. The Bertz CT molecular complexity index is 1120. The molecule has 0 radical (unpaired) electrons. The molecule has 160 valence electrons. The molecule has 0 bridgehead atoms. The maximum absolute atomic E-state index is 13.2. The number of benzene rings is 2. The lowest BCUT2D eigenvalue weighted by atomic mass is 10.1. The Morgan fingerprint density at radius 3 is 2.58 bits per heavy atom. The van der Waals surface area contributed by atoms with E-state index in [2.05, 4.69) is 28.2 Å². The molecular weight excluding hydrogens is 410 g/mol. The van der Waals surface area contributed by atoms with Crippen molar-refractivity contribution in [2.45, 2.75) is 39.2 Å². The second-order valence-corrected chi connectivity index (χ2v) is 8.41. The number of halogens is 1. The summed E-state index contributed by atoms with van der Waals surface area (Å²) in [7, 11) is 0. The van der Waals surface area contributed by atoms with Gasteiger partial charge < -0.3 is 15.2 Å². The molecule has 5 nitrogen and oxygen atoms in total. The molecule has 6 heteroatoms. The fraction of sp³-hybridized carbons (Fsp3) is 0.280. The van der Waals surface area contributed by atoms with Crippen LogP contribution in [-0.2, 0) is 4.79 Å². The summed E-state index contributed by atoms with van der Waals surface area (Å²) >= 11 is 6.09. The Kier molecular flexibility index (Phi) is 6.14. The van der Waals surface area contributed by atoms with Crippen molar-refractivity contribution in [1.82, 2.24) is 15.2 Å². The van der Waals surface area contributed by atoms with Crippen LogP contribution in [-0.4, -0.2) is 29.0 Å². The summed E-state index contributed by atoms with van der Waals surface area (Å²) in [6.45, 7) is 4.65. The average Bonchev–Trinajstić information content (AvgIpc) is 2.97. The van der Waals surface area contributed by atoms with E-state index in [1.54, 1.807) is 0 Å². The Labute approximate surface area is 187 Å². The molecule has 2 amide bonds. The van der Waals surface area contributed by atoms with Crippen LogP contribution in [0.2, 0.25) is 5.02 Å². The van der Waals surface area contributed by atoms with Gasteiger partial charge in [0.2, 0.25) is 5.91 Å². The Morgan fingerprint density at radius 1 is 1.10 bits per heavy atom. The highest BCUT2D eigenvalue weighted by Crippen LogP contribution is 2.31. The first-order valence-corrected chi connectivity index (χ1v) is 11.0. The molecule has 3 aromatic rings. The predicted molar refractivity (Wildman–Crippen MR) is 124 cm³/mol. The number of hydrogen-bond acceptors (Lipinski definition) is 2. The molecule has 0 aliphatic carbocycles. The summed E-state index contributed by atoms with van der Waals surface area (Å²) < 4.78 is 2.10. The number of aromatic nitrogens is 1. The molecule has 1 saturated heterocycles. The van der Waals surface area contributed by atoms with E-state index in [0.717, 1.165) is 41.0 Å². The number of aryl methyl sites for hydroxylation is 1. The zero-order chi connectivity index (χ0) is 22.0. The van der Waals surface area contributed by atoms with Gasteiger partial charge in [0.15, 0.2) is 0 Å². The summed E-state index contributed by atoms with van der Waals surface area (Å²) in [5, 5.41) is 6.48. The van der Waals surface area contributed by atoms with Gasteiger partial charge in [-0.3, -0.25) is 9.59 Å². The van der Waals surface area contributed by atoms with Crippen LogP contribution in [0.4, 0.5) is 0 Å². The summed E-state index contributed by atoms with van der Waals surface area (Å²) in [5.41, 5.74) is 5.36. The molecule has 2 heterocycles. The zero-order valence-corrected chi connectivity index (χ0v) is 18.5. The highest BCUT2D eigenvalue weighted by atomic mass is 35.5. The van der Waals surface area contributed by atoms with Crippen LogP contribution in [0, 0.1) is 13.8 Å². The van der Waals surface area contributed by atoms with Gasteiger partial charge >= 0.3 is 0 Å². The van der Waals surface area contributed by atoms with Gasteiger partial charge in [-0.1, -0.05) is 41.9 Å². The third-order valence-electron chi connectivity index (χ3n) is 5.83. The van der Waals surface area contributed by atoms with E-state index in [1.807, 2.05) is 55.5 Å². The van der Waals surface area contributed by atoms with Crippen molar-refractivity contribution in [2.75, 3.05) is 6.54 Å². The number of nitrogens with one attached hydrogen (secondary N) is 2. The molecule has 4 rings (SSSR count). The monoisotopic (exact) mass is 435 g/mol. The van der Waals surface area contributed by atoms with Crippen LogP contribution in [0.3, 0.4) is 0 Å². The molecular formula is C25H26ClN3O2. The van der Waals surface area contributed by atoms with Gasteiger partial charge in [-0.25, -0.2) is 0 Å². The normalized spacial score (nSPS) is 16.5. The first kappa shape index (κ1) is 21.2. The number of carbonyl (C=O) groups is 2. The SMILES string of the molecule is Cc1ccccc1-n1c(-c2ccc(Cl)cc2)cc(C(=O)NC2CCCCNC2=O)c1C. The van der Waals surface area contributed by atoms with E-state index in [4.69, 9.17) is 11.6 Å².